The molecule has 3 rings (SSSR count). The predicted molar refractivity (Wildman–Crippen MR) is 84.5 cm³/mol. The van der Waals surface area contributed by atoms with E-state index >= 15 is 0 Å². The van der Waals surface area contributed by atoms with Crippen LogP contribution in [-0.4, -0.2) is 17.0 Å². The number of nitrogens with zero attached hydrogens (tertiary/aromatic N) is 1. The average Bonchev–Trinajstić information content (AvgIpc) is 2.96. The SMILES string of the molecule is Cc1ccccc1C(=O)NNC(=O)Cc1noc2ccccc12. The number of nitrogens with one attached hydrogen (secondary N) is 2. The average molecular weight is 309 g/mol. The van der Waals surface area contributed by atoms with Crippen molar-refractivity contribution in [1.29, 1.82) is 0 Å². The van der Waals surface area contributed by atoms with Crippen molar-refractivity contribution < 1.29 is 14.1 Å². The molecule has 0 saturated heterocycles. The van der Waals surface area contributed by atoms with Gasteiger partial charge in [0, 0.05) is 10.9 Å². The number of amides is 2. The molecule has 0 bridgehead atoms. The lowest BCUT2D eigenvalue weighted by Gasteiger charge is -2.08. The number of carbonyl (C=O) groups is 2. The van der Waals surface area contributed by atoms with E-state index < -0.39 is 0 Å². The predicted octanol–water partition coefficient (Wildman–Crippen LogP) is 2.14. The summed E-state index contributed by atoms with van der Waals surface area (Å²) in [5.41, 5.74) is 7.30. The highest BCUT2D eigenvalue weighted by molar-refractivity contribution is 5.97. The zero-order valence-electron chi connectivity index (χ0n) is 12.5. The third-order valence-corrected chi connectivity index (χ3v) is 3.49. The Labute approximate surface area is 132 Å². The Hall–Kier alpha value is -3.15. The number of hydrogen-bond donors (Lipinski definition) is 2. The molecule has 0 aliphatic heterocycles. The number of hydrogen-bond acceptors (Lipinski definition) is 4. The molecular weight excluding hydrogens is 294 g/mol. The number of aromatic nitrogens is 1. The summed E-state index contributed by atoms with van der Waals surface area (Å²) in [6.45, 7) is 1.83. The van der Waals surface area contributed by atoms with Gasteiger partial charge in [-0.1, -0.05) is 35.5 Å². The van der Waals surface area contributed by atoms with E-state index in [1.807, 2.05) is 37.3 Å². The third kappa shape index (κ3) is 3.21. The van der Waals surface area contributed by atoms with E-state index in [1.54, 1.807) is 18.2 Å². The van der Waals surface area contributed by atoms with Crippen LogP contribution < -0.4 is 10.9 Å². The van der Waals surface area contributed by atoms with Gasteiger partial charge in [0.1, 0.15) is 5.69 Å². The van der Waals surface area contributed by atoms with Gasteiger partial charge in [-0.2, -0.15) is 0 Å². The van der Waals surface area contributed by atoms with Gasteiger partial charge < -0.3 is 4.52 Å². The molecule has 0 fully saturated rings. The fourth-order valence-electron chi connectivity index (χ4n) is 2.28. The molecule has 3 aromatic rings. The van der Waals surface area contributed by atoms with Crippen LogP contribution in [0.2, 0.25) is 0 Å². The van der Waals surface area contributed by atoms with Gasteiger partial charge in [0.15, 0.2) is 5.58 Å². The van der Waals surface area contributed by atoms with Gasteiger partial charge in [0.05, 0.1) is 6.42 Å². The van der Waals surface area contributed by atoms with Crippen molar-refractivity contribution in [2.75, 3.05) is 0 Å². The summed E-state index contributed by atoms with van der Waals surface area (Å²) in [7, 11) is 0. The van der Waals surface area contributed by atoms with Crippen LogP contribution in [0.4, 0.5) is 0 Å². The summed E-state index contributed by atoms with van der Waals surface area (Å²) in [5.74, 6) is -0.729. The third-order valence-electron chi connectivity index (χ3n) is 3.49. The molecule has 23 heavy (non-hydrogen) atoms. The maximum atomic E-state index is 12.0. The molecule has 1 aromatic heterocycles. The molecule has 0 atom stereocenters. The number of benzene rings is 2. The van der Waals surface area contributed by atoms with Crippen LogP contribution in [0, 0.1) is 6.92 Å². The zero-order valence-corrected chi connectivity index (χ0v) is 12.5. The van der Waals surface area contributed by atoms with Crippen molar-refractivity contribution in [1.82, 2.24) is 16.0 Å². The lowest BCUT2D eigenvalue weighted by Crippen LogP contribution is -2.42. The lowest BCUT2D eigenvalue weighted by molar-refractivity contribution is -0.121. The zero-order chi connectivity index (χ0) is 16.2. The molecule has 6 nitrogen and oxygen atoms in total. The number of rotatable bonds is 3. The van der Waals surface area contributed by atoms with Gasteiger partial charge >= 0.3 is 0 Å². The molecule has 6 heteroatoms. The molecule has 0 aliphatic rings. The molecule has 0 radical (unpaired) electrons. The fraction of sp³-hybridized carbons (Fsp3) is 0.118. The molecular formula is C17H15N3O3. The van der Waals surface area contributed by atoms with Crippen LogP contribution in [0.25, 0.3) is 11.0 Å². The monoisotopic (exact) mass is 309 g/mol. The van der Waals surface area contributed by atoms with Crippen molar-refractivity contribution >= 4 is 22.8 Å². The van der Waals surface area contributed by atoms with Crippen molar-refractivity contribution in [2.45, 2.75) is 13.3 Å². The minimum absolute atomic E-state index is 0.0189. The van der Waals surface area contributed by atoms with Gasteiger partial charge in [-0.05, 0) is 30.7 Å². The van der Waals surface area contributed by atoms with Gasteiger partial charge in [-0.25, -0.2) is 0 Å². The summed E-state index contributed by atoms with van der Waals surface area (Å²) >= 11 is 0. The smallest absolute Gasteiger partial charge is 0.269 e. The Bertz CT molecular complexity index is 870. The highest BCUT2D eigenvalue weighted by atomic mass is 16.5. The van der Waals surface area contributed by atoms with E-state index in [4.69, 9.17) is 4.52 Å². The van der Waals surface area contributed by atoms with Crippen molar-refractivity contribution in [2.24, 2.45) is 0 Å². The van der Waals surface area contributed by atoms with Crippen LogP contribution in [-0.2, 0) is 11.2 Å². The first-order valence-electron chi connectivity index (χ1n) is 7.13. The highest BCUT2D eigenvalue weighted by Gasteiger charge is 2.13. The maximum Gasteiger partial charge on any atom is 0.269 e. The second kappa shape index (κ2) is 6.31. The molecule has 0 unspecified atom stereocenters. The van der Waals surface area contributed by atoms with E-state index in [2.05, 4.69) is 16.0 Å². The van der Waals surface area contributed by atoms with Gasteiger partial charge in [-0.3, -0.25) is 20.4 Å². The molecule has 2 amide bonds. The van der Waals surface area contributed by atoms with Crippen LogP contribution in [0.3, 0.4) is 0 Å². The van der Waals surface area contributed by atoms with Gasteiger partial charge in [-0.15, -0.1) is 0 Å². The van der Waals surface area contributed by atoms with E-state index in [-0.39, 0.29) is 18.2 Å². The quantitative estimate of drug-likeness (QED) is 0.726. The van der Waals surface area contributed by atoms with Crippen molar-refractivity contribution in [3.8, 4) is 0 Å². The normalized spacial score (nSPS) is 10.5. The van der Waals surface area contributed by atoms with Crippen LogP contribution in [0.1, 0.15) is 21.6 Å². The summed E-state index contributed by atoms with van der Waals surface area (Å²) in [4.78, 5) is 24.0. The molecule has 2 N–H and O–H groups in total. The molecule has 2 aromatic carbocycles. The molecule has 0 spiro atoms. The molecule has 1 heterocycles. The van der Waals surface area contributed by atoms with E-state index in [0.29, 0.717) is 16.8 Å². The standard InChI is InChI=1S/C17H15N3O3/c1-11-6-2-3-7-12(11)17(22)19-18-16(21)10-14-13-8-4-5-9-15(13)23-20-14/h2-9H,10H2,1H3,(H,18,21)(H,19,22). The number of carbonyl (C=O) groups excluding carboxylic acids is 2. The summed E-state index contributed by atoms with van der Waals surface area (Å²) in [6, 6.07) is 14.4. The molecule has 0 aliphatic carbocycles. The van der Waals surface area contributed by atoms with E-state index in [1.165, 1.54) is 0 Å². The van der Waals surface area contributed by atoms with Gasteiger partial charge in [0.2, 0.25) is 5.91 Å². The summed E-state index contributed by atoms with van der Waals surface area (Å²) < 4.78 is 5.14. The largest absolute Gasteiger partial charge is 0.356 e. The first-order valence-corrected chi connectivity index (χ1v) is 7.13. The topological polar surface area (TPSA) is 84.2 Å². The summed E-state index contributed by atoms with van der Waals surface area (Å²) in [6.07, 6.45) is 0.0189. The van der Waals surface area contributed by atoms with Crippen LogP contribution in [0.5, 0.6) is 0 Å². The van der Waals surface area contributed by atoms with Gasteiger partial charge in [0.25, 0.3) is 5.91 Å². The van der Waals surface area contributed by atoms with E-state index in [9.17, 15) is 9.59 Å². The second-order valence-corrected chi connectivity index (χ2v) is 5.12. The Kier molecular flexibility index (Phi) is 4.05. The number of aryl methyl sites for hydroxylation is 1. The van der Waals surface area contributed by atoms with E-state index in [0.717, 1.165) is 10.9 Å². The van der Waals surface area contributed by atoms with Crippen molar-refractivity contribution in [3.63, 3.8) is 0 Å². The second-order valence-electron chi connectivity index (χ2n) is 5.12. The minimum atomic E-state index is -0.369. The highest BCUT2D eigenvalue weighted by Crippen LogP contribution is 2.17. The number of para-hydroxylation sites is 1. The molecule has 116 valence electrons. The minimum Gasteiger partial charge on any atom is -0.356 e. The molecule has 0 saturated carbocycles. The van der Waals surface area contributed by atoms with Crippen molar-refractivity contribution in [3.05, 3.63) is 65.4 Å². The first kappa shape index (κ1) is 14.8. The Balaban J connectivity index is 1.62. The van der Waals surface area contributed by atoms with Crippen LogP contribution in [0.15, 0.2) is 53.1 Å². The maximum absolute atomic E-state index is 12.0. The van der Waals surface area contributed by atoms with Crippen LogP contribution >= 0.6 is 0 Å². The number of fused-ring (bicyclic) bond motifs is 1. The number of hydrazine groups is 1. The fourth-order valence-corrected chi connectivity index (χ4v) is 2.28. The lowest BCUT2D eigenvalue weighted by atomic mass is 10.1. The summed E-state index contributed by atoms with van der Waals surface area (Å²) in [5, 5.41) is 4.67. The first-order chi connectivity index (χ1) is 11.1. The Morgan fingerprint density at radius 3 is 2.61 bits per heavy atom. The Morgan fingerprint density at radius 2 is 1.78 bits per heavy atom. The Morgan fingerprint density at radius 1 is 1.04 bits per heavy atom.